The molecule has 0 aromatic rings. The molecule has 0 aromatic heterocycles. The summed E-state index contributed by atoms with van der Waals surface area (Å²) in [5.74, 6) is -0.813. The highest BCUT2D eigenvalue weighted by atomic mass is 16.6. The average molecular weight is 438 g/mol. The summed E-state index contributed by atoms with van der Waals surface area (Å²) in [6.07, 6.45) is 3.27. The second-order valence-corrected chi connectivity index (χ2v) is 10.2. The van der Waals surface area contributed by atoms with Gasteiger partial charge in [-0.1, -0.05) is 26.8 Å². The molecule has 8 nitrogen and oxygen atoms in total. The van der Waals surface area contributed by atoms with Gasteiger partial charge in [-0.3, -0.25) is 14.4 Å². The van der Waals surface area contributed by atoms with Crippen LogP contribution in [0.5, 0.6) is 0 Å². The summed E-state index contributed by atoms with van der Waals surface area (Å²) in [5, 5.41) is 5.47. The fraction of sp³-hybridized carbons (Fsp3) is 0.739. The van der Waals surface area contributed by atoms with E-state index in [0.717, 1.165) is 0 Å². The van der Waals surface area contributed by atoms with Crippen LogP contribution in [0.4, 0.5) is 4.79 Å². The summed E-state index contributed by atoms with van der Waals surface area (Å²) < 4.78 is 5.32. The maximum absolute atomic E-state index is 13.4. The molecule has 1 aliphatic rings. The maximum Gasteiger partial charge on any atom is 0.408 e. The third kappa shape index (κ3) is 8.34. The molecule has 1 saturated heterocycles. The number of carbonyl (C=O) groups is 4. The van der Waals surface area contributed by atoms with E-state index in [1.165, 1.54) is 11.8 Å². The molecule has 0 saturated carbocycles. The highest BCUT2D eigenvalue weighted by Crippen LogP contribution is 2.26. The van der Waals surface area contributed by atoms with Crippen LogP contribution in [0.2, 0.25) is 0 Å². The van der Waals surface area contributed by atoms with E-state index in [1.54, 1.807) is 26.8 Å². The largest absolute Gasteiger partial charge is 0.444 e. The Balaban J connectivity index is 2.98. The van der Waals surface area contributed by atoms with Gasteiger partial charge in [0, 0.05) is 6.54 Å². The molecule has 1 aliphatic heterocycles. The van der Waals surface area contributed by atoms with Gasteiger partial charge in [0.1, 0.15) is 17.7 Å². The first-order valence-electron chi connectivity index (χ1n) is 10.9. The molecule has 31 heavy (non-hydrogen) atoms. The fourth-order valence-electron chi connectivity index (χ4n) is 3.47. The van der Waals surface area contributed by atoms with Gasteiger partial charge in [0.25, 0.3) is 0 Å². The van der Waals surface area contributed by atoms with Gasteiger partial charge < -0.3 is 20.3 Å². The number of rotatable bonds is 8. The average Bonchev–Trinajstić information content (AvgIpc) is 3.09. The van der Waals surface area contributed by atoms with Crippen LogP contribution in [0.15, 0.2) is 12.7 Å². The Hall–Kier alpha value is -2.38. The highest BCUT2D eigenvalue weighted by Gasteiger charge is 2.42. The molecule has 1 rings (SSSR count). The molecule has 0 bridgehead atoms. The van der Waals surface area contributed by atoms with E-state index in [4.69, 9.17) is 4.74 Å². The van der Waals surface area contributed by atoms with Crippen LogP contribution >= 0.6 is 0 Å². The van der Waals surface area contributed by atoms with Crippen LogP contribution < -0.4 is 10.6 Å². The van der Waals surface area contributed by atoms with Gasteiger partial charge in [0.05, 0.1) is 6.04 Å². The molecule has 3 atom stereocenters. The lowest BCUT2D eigenvalue weighted by Gasteiger charge is -2.36. The van der Waals surface area contributed by atoms with Gasteiger partial charge in [0.2, 0.25) is 11.8 Å². The molecule has 176 valence electrons. The second-order valence-electron chi connectivity index (χ2n) is 10.2. The van der Waals surface area contributed by atoms with Crippen LogP contribution in [0.25, 0.3) is 0 Å². The van der Waals surface area contributed by atoms with Crippen molar-refractivity contribution < 1.29 is 23.9 Å². The summed E-state index contributed by atoms with van der Waals surface area (Å²) in [5.41, 5.74) is -1.29. The van der Waals surface area contributed by atoms with Crippen molar-refractivity contribution in [3.63, 3.8) is 0 Å². The molecular weight excluding hydrogens is 398 g/mol. The van der Waals surface area contributed by atoms with Gasteiger partial charge in [-0.25, -0.2) is 4.79 Å². The smallest absolute Gasteiger partial charge is 0.408 e. The predicted octanol–water partition coefficient (Wildman–Crippen LogP) is 2.96. The predicted molar refractivity (Wildman–Crippen MR) is 119 cm³/mol. The number of allylic oxidation sites excluding steroid dienone is 1. The van der Waals surface area contributed by atoms with Gasteiger partial charge in [-0.2, -0.15) is 0 Å². The number of amides is 3. The Morgan fingerprint density at radius 2 is 1.74 bits per heavy atom. The van der Waals surface area contributed by atoms with E-state index >= 15 is 0 Å². The number of nitrogens with zero attached hydrogens (tertiary/aromatic N) is 1. The van der Waals surface area contributed by atoms with E-state index in [1.807, 2.05) is 20.8 Å². The summed E-state index contributed by atoms with van der Waals surface area (Å²) in [4.78, 5) is 52.1. The zero-order chi connectivity index (χ0) is 24.0. The summed E-state index contributed by atoms with van der Waals surface area (Å²) in [6.45, 7) is 16.3. The molecule has 2 N–H and O–H groups in total. The van der Waals surface area contributed by atoms with E-state index in [-0.39, 0.29) is 17.6 Å². The molecular formula is C23H39N3O5. The van der Waals surface area contributed by atoms with Crippen LogP contribution in [-0.4, -0.2) is 58.9 Å². The normalized spacial score (nSPS) is 18.7. The first-order chi connectivity index (χ1) is 14.2. The van der Waals surface area contributed by atoms with Crippen molar-refractivity contribution in [2.45, 2.75) is 97.9 Å². The first-order valence-corrected chi connectivity index (χ1v) is 10.9. The van der Waals surface area contributed by atoms with Crippen LogP contribution in [0.3, 0.4) is 0 Å². The number of hydrogen-bond donors (Lipinski definition) is 2. The molecule has 1 heterocycles. The monoisotopic (exact) mass is 437 g/mol. The lowest BCUT2D eigenvalue weighted by atomic mass is 9.85. The molecule has 0 spiro atoms. The Morgan fingerprint density at radius 1 is 1.13 bits per heavy atom. The van der Waals surface area contributed by atoms with Crippen LogP contribution in [0.1, 0.15) is 74.1 Å². The fourth-order valence-corrected chi connectivity index (χ4v) is 3.47. The number of ether oxygens (including phenoxy) is 1. The first kappa shape index (κ1) is 26.7. The van der Waals surface area contributed by atoms with Crippen molar-refractivity contribution in [3.8, 4) is 0 Å². The van der Waals surface area contributed by atoms with Crippen LogP contribution in [0, 0.1) is 5.41 Å². The van der Waals surface area contributed by atoms with E-state index in [9.17, 15) is 19.2 Å². The Kier molecular flexibility index (Phi) is 9.26. The van der Waals surface area contributed by atoms with Gasteiger partial charge in [-0.05, 0) is 58.8 Å². The van der Waals surface area contributed by atoms with Crippen LogP contribution in [-0.2, 0) is 19.1 Å². The summed E-state index contributed by atoms with van der Waals surface area (Å²) in [7, 11) is 0. The minimum absolute atomic E-state index is 0.134. The number of alkyl carbamates (subject to hydrolysis) is 1. The van der Waals surface area contributed by atoms with Crippen molar-refractivity contribution in [3.05, 3.63) is 12.7 Å². The lowest BCUT2D eigenvalue weighted by molar-refractivity contribution is -0.142. The number of Topliss-reactive ketones (excluding diaryl/α,β-unsaturated/α-hetero) is 1. The van der Waals surface area contributed by atoms with Gasteiger partial charge in [0.15, 0.2) is 5.78 Å². The van der Waals surface area contributed by atoms with Gasteiger partial charge in [-0.15, -0.1) is 6.58 Å². The van der Waals surface area contributed by atoms with Crippen molar-refractivity contribution in [1.82, 2.24) is 15.5 Å². The summed E-state index contributed by atoms with van der Waals surface area (Å²) in [6, 6.07) is -2.15. The lowest BCUT2D eigenvalue weighted by Crippen LogP contribution is -2.58. The molecule has 1 fully saturated rings. The SMILES string of the molecule is C=CCC[C@H](NC(=O)C1CCCN1C(=O)[C@@H](NC(=O)OC(C)(C)C)C(C)(C)C)C(C)=O. The van der Waals surface area contributed by atoms with Gasteiger partial charge >= 0.3 is 6.09 Å². The molecule has 0 radical (unpaired) electrons. The van der Waals surface area contributed by atoms with Crippen molar-refractivity contribution >= 4 is 23.7 Å². The van der Waals surface area contributed by atoms with E-state index in [0.29, 0.717) is 32.2 Å². The number of nitrogens with one attached hydrogen (secondary N) is 2. The number of carbonyl (C=O) groups excluding carboxylic acids is 4. The third-order valence-electron chi connectivity index (χ3n) is 5.08. The number of hydrogen-bond acceptors (Lipinski definition) is 5. The second kappa shape index (κ2) is 10.8. The topological polar surface area (TPSA) is 105 Å². The third-order valence-corrected chi connectivity index (χ3v) is 5.08. The van der Waals surface area contributed by atoms with Crippen molar-refractivity contribution in [2.75, 3.05) is 6.54 Å². The van der Waals surface area contributed by atoms with Crippen molar-refractivity contribution in [1.29, 1.82) is 0 Å². The quantitative estimate of drug-likeness (QED) is 0.568. The standard InChI is InChI=1S/C23H39N3O5/c1-9-10-12-16(15(2)27)24-19(28)17-13-11-14-26(17)20(29)18(22(3,4)5)25-21(30)31-23(6,7)8/h9,16-18H,1,10-14H2,2-8H3,(H,24,28)(H,25,30)/t16-,17?,18+/m0/s1. The van der Waals surface area contributed by atoms with E-state index in [2.05, 4.69) is 17.2 Å². The maximum atomic E-state index is 13.4. The van der Waals surface area contributed by atoms with Crippen molar-refractivity contribution in [2.24, 2.45) is 5.41 Å². The molecule has 0 aromatic carbocycles. The minimum atomic E-state index is -0.861. The highest BCUT2D eigenvalue weighted by molar-refractivity contribution is 5.94. The minimum Gasteiger partial charge on any atom is -0.444 e. The zero-order valence-corrected chi connectivity index (χ0v) is 20.0. The Bertz CT molecular complexity index is 690. The zero-order valence-electron chi connectivity index (χ0n) is 20.0. The molecule has 8 heteroatoms. The number of likely N-dealkylation sites (tertiary alicyclic amines) is 1. The molecule has 1 unspecified atom stereocenters. The Morgan fingerprint density at radius 3 is 2.23 bits per heavy atom. The number of ketones is 1. The molecule has 3 amide bonds. The van der Waals surface area contributed by atoms with E-state index < -0.39 is 35.2 Å². The summed E-state index contributed by atoms with van der Waals surface area (Å²) >= 11 is 0. The molecule has 0 aliphatic carbocycles. The Labute approximate surface area is 186 Å².